The van der Waals surface area contributed by atoms with E-state index in [-0.39, 0.29) is 11.6 Å². The molecule has 0 saturated carbocycles. The van der Waals surface area contributed by atoms with Crippen LogP contribution in [0.4, 0.5) is 5.69 Å². The Bertz CT molecular complexity index is 1040. The zero-order valence-corrected chi connectivity index (χ0v) is 16.1. The number of nitro benzene ring substituents is 1. The van der Waals surface area contributed by atoms with Gasteiger partial charge in [0, 0.05) is 41.3 Å². The Kier molecular flexibility index (Phi) is 5.75. The van der Waals surface area contributed by atoms with E-state index < -0.39 is 4.92 Å². The lowest BCUT2D eigenvalue weighted by atomic mass is 10.3. The number of benzene rings is 2. The predicted octanol–water partition coefficient (Wildman–Crippen LogP) is 4.41. The number of non-ortho nitro benzene ring substituents is 1. The molecule has 0 atom stereocenters. The van der Waals surface area contributed by atoms with E-state index >= 15 is 0 Å². The van der Waals surface area contributed by atoms with Crippen molar-refractivity contribution in [3.05, 3.63) is 62.4 Å². The first-order valence-electron chi connectivity index (χ1n) is 7.64. The Hall–Kier alpha value is -2.16. The van der Waals surface area contributed by atoms with Crippen molar-refractivity contribution >= 4 is 56.5 Å². The summed E-state index contributed by atoms with van der Waals surface area (Å²) in [7, 11) is 1.75. The van der Waals surface area contributed by atoms with E-state index in [1.165, 1.54) is 23.5 Å². The quantitative estimate of drug-likeness (QED) is 0.356. The van der Waals surface area contributed by atoms with Crippen molar-refractivity contribution in [2.45, 2.75) is 11.3 Å². The molecule has 0 radical (unpaired) electrons. The van der Waals surface area contributed by atoms with Crippen LogP contribution in [-0.4, -0.2) is 21.2 Å². The van der Waals surface area contributed by atoms with Crippen LogP contribution in [-0.2, 0) is 11.8 Å². The summed E-state index contributed by atoms with van der Waals surface area (Å²) in [5.41, 5.74) is 0.703. The number of aryl methyl sites for hydroxylation is 1. The van der Waals surface area contributed by atoms with Gasteiger partial charge in [-0.25, -0.2) is 0 Å². The van der Waals surface area contributed by atoms with Gasteiger partial charge in [-0.2, -0.15) is 4.99 Å². The van der Waals surface area contributed by atoms with Crippen molar-refractivity contribution in [1.29, 1.82) is 0 Å². The Labute approximate surface area is 162 Å². The number of hydrogen-bond donors (Lipinski definition) is 0. The minimum absolute atomic E-state index is 0.0168. The molecule has 26 heavy (non-hydrogen) atoms. The van der Waals surface area contributed by atoms with Crippen LogP contribution >= 0.6 is 34.7 Å². The molecule has 0 fully saturated rings. The molecular weight excluding hydrogens is 394 g/mol. The Balaban J connectivity index is 1.72. The molecule has 0 aliphatic rings. The molecule has 3 aromatic rings. The first-order chi connectivity index (χ1) is 12.4. The van der Waals surface area contributed by atoms with E-state index in [4.69, 9.17) is 11.6 Å². The third kappa shape index (κ3) is 4.32. The topological polar surface area (TPSA) is 77.5 Å². The Morgan fingerprint density at radius 1 is 1.31 bits per heavy atom. The first-order valence-corrected chi connectivity index (χ1v) is 9.82. The van der Waals surface area contributed by atoms with Crippen LogP contribution in [0.15, 0.2) is 52.4 Å². The molecule has 134 valence electrons. The summed E-state index contributed by atoms with van der Waals surface area (Å²) >= 11 is 8.74. The maximum atomic E-state index is 12.1. The second-order valence-electron chi connectivity index (χ2n) is 5.41. The second kappa shape index (κ2) is 8.03. The molecule has 3 rings (SSSR count). The lowest BCUT2D eigenvalue weighted by Gasteiger charge is -1.99. The number of halogens is 1. The van der Waals surface area contributed by atoms with Gasteiger partial charge in [0.2, 0.25) is 5.91 Å². The Morgan fingerprint density at radius 2 is 2.04 bits per heavy atom. The summed E-state index contributed by atoms with van der Waals surface area (Å²) < 4.78 is 2.55. The molecule has 9 heteroatoms. The molecule has 0 N–H and O–H groups in total. The fourth-order valence-electron chi connectivity index (χ4n) is 2.29. The monoisotopic (exact) mass is 407 g/mol. The molecule has 0 unspecified atom stereocenters. The highest BCUT2D eigenvalue weighted by atomic mass is 35.5. The summed E-state index contributed by atoms with van der Waals surface area (Å²) in [4.78, 5) is 28.3. The van der Waals surface area contributed by atoms with Crippen LogP contribution in [0.3, 0.4) is 0 Å². The van der Waals surface area contributed by atoms with Gasteiger partial charge in [-0.1, -0.05) is 22.9 Å². The fraction of sp³-hybridized carbons (Fsp3) is 0.176. The minimum atomic E-state index is -0.437. The molecule has 1 heterocycles. The molecule has 0 saturated heterocycles. The number of fused-ring (bicyclic) bond motifs is 1. The Morgan fingerprint density at radius 3 is 2.73 bits per heavy atom. The van der Waals surface area contributed by atoms with E-state index in [0.29, 0.717) is 27.5 Å². The fourth-order valence-corrected chi connectivity index (χ4v) is 4.27. The van der Waals surface area contributed by atoms with E-state index in [0.717, 1.165) is 9.60 Å². The van der Waals surface area contributed by atoms with Crippen LogP contribution in [0, 0.1) is 10.1 Å². The van der Waals surface area contributed by atoms with Gasteiger partial charge >= 0.3 is 0 Å². The molecule has 2 aromatic carbocycles. The van der Waals surface area contributed by atoms with Crippen LogP contribution in [0.2, 0.25) is 5.02 Å². The number of carbonyl (C=O) groups is 1. The maximum Gasteiger partial charge on any atom is 0.271 e. The normalized spacial score (nSPS) is 11.8. The summed E-state index contributed by atoms with van der Waals surface area (Å²) in [5.74, 6) is 0.396. The van der Waals surface area contributed by atoms with Gasteiger partial charge in [0.15, 0.2) is 4.80 Å². The van der Waals surface area contributed by atoms with Crippen molar-refractivity contribution in [2.24, 2.45) is 12.0 Å². The second-order valence-corrected chi connectivity index (χ2v) is 8.02. The third-order valence-corrected chi connectivity index (χ3v) is 6.00. The molecule has 6 nitrogen and oxygen atoms in total. The van der Waals surface area contributed by atoms with Crippen LogP contribution in [0.5, 0.6) is 0 Å². The average Bonchev–Trinajstić information content (AvgIpc) is 2.92. The van der Waals surface area contributed by atoms with Crippen molar-refractivity contribution in [3.63, 3.8) is 0 Å². The molecule has 0 spiro atoms. The van der Waals surface area contributed by atoms with Gasteiger partial charge in [-0.3, -0.25) is 14.9 Å². The standard InChI is InChI=1S/C17H14ClN3O3S2/c1-20-14-10-12(21(23)24)4-7-15(14)26-17(20)19-16(22)8-9-25-13-5-2-11(18)3-6-13/h2-7,10H,8-9H2,1H3. The van der Waals surface area contributed by atoms with Gasteiger partial charge in [0.05, 0.1) is 15.1 Å². The highest BCUT2D eigenvalue weighted by Gasteiger charge is 2.11. The summed E-state index contributed by atoms with van der Waals surface area (Å²) in [5, 5.41) is 11.6. The van der Waals surface area contributed by atoms with Crippen molar-refractivity contribution in [2.75, 3.05) is 5.75 Å². The van der Waals surface area contributed by atoms with Crippen LogP contribution in [0.25, 0.3) is 10.2 Å². The highest BCUT2D eigenvalue weighted by molar-refractivity contribution is 7.99. The number of thiazole rings is 1. The van der Waals surface area contributed by atoms with Gasteiger partial charge in [-0.05, 0) is 30.3 Å². The van der Waals surface area contributed by atoms with E-state index in [1.807, 2.05) is 24.3 Å². The van der Waals surface area contributed by atoms with Gasteiger partial charge in [0.25, 0.3) is 5.69 Å². The molecule has 0 aliphatic heterocycles. The average molecular weight is 408 g/mol. The number of thioether (sulfide) groups is 1. The van der Waals surface area contributed by atoms with Gasteiger partial charge in [0.1, 0.15) is 0 Å². The number of hydrogen-bond acceptors (Lipinski definition) is 5. The number of amides is 1. The number of carbonyl (C=O) groups excluding carboxylic acids is 1. The third-order valence-electron chi connectivity index (χ3n) is 3.62. The summed E-state index contributed by atoms with van der Waals surface area (Å²) in [6, 6.07) is 12.1. The molecular formula is C17H14ClN3O3S2. The SMILES string of the molecule is Cn1c(=NC(=O)CCSc2ccc(Cl)cc2)sc2ccc([N+](=O)[O-])cc21. The largest absolute Gasteiger partial charge is 0.319 e. The number of rotatable bonds is 5. The summed E-state index contributed by atoms with van der Waals surface area (Å²) in [6.07, 6.45) is 0.307. The molecule has 0 bridgehead atoms. The lowest BCUT2D eigenvalue weighted by molar-refractivity contribution is -0.384. The summed E-state index contributed by atoms with van der Waals surface area (Å²) in [6.45, 7) is 0. The molecule has 1 aromatic heterocycles. The van der Waals surface area contributed by atoms with Gasteiger partial charge in [-0.15, -0.1) is 11.8 Å². The zero-order valence-electron chi connectivity index (χ0n) is 13.7. The van der Waals surface area contributed by atoms with Gasteiger partial charge < -0.3 is 4.57 Å². The predicted molar refractivity (Wildman–Crippen MR) is 105 cm³/mol. The van der Waals surface area contributed by atoms with Crippen molar-refractivity contribution < 1.29 is 9.72 Å². The molecule has 0 aliphatic carbocycles. The van der Waals surface area contributed by atoms with Crippen molar-refractivity contribution in [3.8, 4) is 0 Å². The van der Waals surface area contributed by atoms with E-state index in [1.54, 1.807) is 29.4 Å². The first kappa shape index (κ1) is 18.6. The van der Waals surface area contributed by atoms with Crippen LogP contribution in [0.1, 0.15) is 6.42 Å². The van der Waals surface area contributed by atoms with Crippen LogP contribution < -0.4 is 4.80 Å². The smallest absolute Gasteiger partial charge is 0.271 e. The highest BCUT2D eigenvalue weighted by Crippen LogP contribution is 2.23. The maximum absolute atomic E-state index is 12.1. The molecule has 1 amide bonds. The number of nitro groups is 1. The number of aromatic nitrogens is 1. The van der Waals surface area contributed by atoms with Crippen molar-refractivity contribution in [1.82, 2.24) is 4.57 Å². The minimum Gasteiger partial charge on any atom is -0.319 e. The lowest BCUT2D eigenvalue weighted by Crippen LogP contribution is -2.13. The van der Waals surface area contributed by atoms with E-state index in [2.05, 4.69) is 4.99 Å². The van der Waals surface area contributed by atoms with E-state index in [9.17, 15) is 14.9 Å². The zero-order chi connectivity index (χ0) is 18.7. The number of nitrogens with zero attached hydrogens (tertiary/aromatic N) is 3.